The summed E-state index contributed by atoms with van der Waals surface area (Å²) < 4.78 is 5.14. The molecule has 1 aliphatic heterocycles. The van der Waals surface area contributed by atoms with Crippen molar-refractivity contribution in [1.82, 2.24) is 15.0 Å². The highest BCUT2D eigenvalue weighted by Gasteiger charge is 2.30. The first-order valence-electron chi connectivity index (χ1n) is 12.1. The third-order valence-electron chi connectivity index (χ3n) is 6.82. The van der Waals surface area contributed by atoms with Crippen LogP contribution in [0.4, 0.5) is 5.95 Å². The van der Waals surface area contributed by atoms with Crippen molar-refractivity contribution in [1.29, 1.82) is 0 Å². The van der Waals surface area contributed by atoms with Gasteiger partial charge >= 0.3 is 5.97 Å². The molecule has 1 saturated heterocycles. The minimum atomic E-state index is -0.289. The summed E-state index contributed by atoms with van der Waals surface area (Å²) in [5.74, 6) is 0.144. The van der Waals surface area contributed by atoms with E-state index in [1.807, 2.05) is 47.4 Å². The Morgan fingerprint density at radius 3 is 2.69 bits per heavy atom. The molecule has 0 spiro atoms. The molecule has 3 aromatic rings. The molecule has 1 N–H and O–H groups in total. The third-order valence-corrected chi connectivity index (χ3v) is 6.82. The second-order valence-electron chi connectivity index (χ2n) is 9.11. The van der Waals surface area contributed by atoms with Gasteiger partial charge in [0.05, 0.1) is 17.9 Å². The molecule has 0 unspecified atom stereocenters. The summed E-state index contributed by atoms with van der Waals surface area (Å²) in [6.07, 6.45) is 7.88. The number of pyridine rings is 1. The fourth-order valence-electron chi connectivity index (χ4n) is 4.97. The summed E-state index contributed by atoms with van der Waals surface area (Å²) in [4.78, 5) is 52.0. The Morgan fingerprint density at radius 1 is 1.17 bits per heavy atom. The molecule has 0 bridgehead atoms. The van der Waals surface area contributed by atoms with Crippen LogP contribution < -0.4 is 10.5 Å². The number of fused-ring (bicyclic) bond motifs is 3. The first-order valence-corrected chi connectivity index (χ1v) is 12.1. The number of anilines is 1. The van der Waals surface area contributed by atoms with Crippen LogP contribution in [0.25, 0.3) is 17.1 Å². The number of H-pyrrole nitrogens is 1. The molecular weight excluding hydrogens is 444 g/mol. The van der Waals surface area contributed by atoms with Crippen molar-refractivity contribution in [3.8, 4) is 0 Å². The highest BCUT2D eigenvalue weighted by molar-refractivity contribution is 6.02. The monoisotopic (exact) mass is 472 g/mol. The van der Waals surface area contributed by atoms with Crippen molar-refractivity contribution in [3.63, 3.8) is 0 Å². The van der Waals surface area contributed by atoms with Crippen LogP contribution in [0.1, 0.15) is 47.7 Å². The predicted octanol–water partition coefficient (Wildman–Crippen LogP) is 3.56. The fourth-order valence-corrected chi connectivity index (χ4v) is 4.97. The summed E-state index contributed by atoms with van der Waals surface area (Å²) >= 11 is 0. The number of piperidine rings is 1. The quantitative estimate of drug-likeness (QED) is 0.566. The van der Waals surface area contributed by atoms with Gasteiger partial charge in [-0.05, 0) is 43.2 Å². The van der Waals surface area contributed by atoms with Crippen molar-refractivity contribution in [3.05, 3.63) is 69.6 Å². The number of rotatable bonds is 5. The number of hydrogen-bond acceptors (Lipinski definition) is 7. The molecule has 2 aliphatic rings. The maximum atomic E-state index is 13.2. The van der Waals surface area contributed by atoms with Gasteiger partial charge in [-0.2, -0.15) is 4.98 Å². The molecule has 1 aliphatic carbocycles. The Labute approximate surface area is 203 Å². The van der Waals surface area contributed by atoms with Gasteiger partial charge in [-0.25, -0.2) is 4.98 Å². The zero-order valence-electron chi connectivity index (χ0n) is 19.7. The number of aromatic amines is 1. The Balaban J connectivity index is 1.40. The van der Waals surface area contributed by atoms with E-state index < -0.39 is 0 Å². The molecule has 5 rings (SSSR count). The number of carbonyl (C=O) groups excluding carboxylic acids is 2. The summed E-state index contributed by atoms with van der Waals surface area (Å²) in [6, 6.07) is 9.94. The van der Waals surface area contributed by atoms with E-state index >= 15 is 0 Å². The number of allylic oxidation sites excluding steroid dienone is 1. The van der Waals surface area contributed by atoms with Crippen molar-refractivity contribution in [2.75, 3.05) is 24.6 Å². The van der Waals surface area contributed by atoms with E-state index in [1.54, 1.807) is 13.1 Å². The minimum Gasteiger partial charge on any atom is -0.466 e. The molecule has 8 heteroatoms. The van der Waals surface area contributed by atoms with E-state index in [4.69, 9.17) is 4.74 Å². The van der Waals surface area contributed by atoms with Gasteiger partial charge in [0, 0.05) is 31.3 Å². The number of esters is 1. The van der Waals surface area contributed by atoms with Crippen molar-refractivity contribution in [2.24, 2.45) is 11.8 Å². The largest absolute Gasteiger partial charge is 0.466 e. The molecule has 1 aromatic carbocycles. The number of carbonyl (C=O) groups is 2. The van der Waals surface area contributed by atoms with Crippen LogP contribution in [0.3, 0.4) is 0 Å². The van der Waals surface area contributed by atoms with Crippen LogP contribution in [0.15, 0.2) is 47.4 Å². The van der Waals surface area contributed by atoms with Gasteiger partial charge in [-0.3, -0.25) is 19.4 Å². The normalized spacial score (nSPS) is 18.7. The number of nitrogens with one attached hydrogen (secondary N) is 1. The van der Waals surface area contributed by atoms with Gasteiger partial charge < -0.3 is 9.64 Å². The number of ether oxygens (including phenoxy) is 1. The lowest BCUT2D eigenvalue weighted by Crippen LogP contribution is -2.38. The maximum Gasteiger partial charge on any atom is 0.309 e. The number of ketones is 1. The van der Waals surface area contributed by atoms with E-state index in [0.717, 1.165) is 11.1 Å². The Morgan fingerprint density at radius 2 is 1.94 bits per heavy atom. The van der Waals surface area contributed by atoms with E-state index in [0.29, 0.717) is 67.9 Å². The first-order chi connectivity index (χ1) is 17.0. The fraction of sp³-hybridized carbons (Fsp3) is 0.370. The topological polar surface area (TPSA) is 105 Å². The van der Waals surface area contributed by atoms with E-state index in [9.17, 15) is 14.4 Å². The highest BCUT2D eigenvalue weighted by Crippen LogP contribution is 2.30. The summed E-state index contributed by atoms with van der Waals surface area (Å²) in [5, 5.41) is 0.388. The molecule has 3 heterocycles. The van der Waals surface area contributed by atoms with Gasteiger partial charge in [0.15, 0.2) is 11.4 Å². The molecule has 8 nitrogen and oxygen atoms in total. The predicted molar refractivity (Wildman–Crippen MR) is 133 cm³/mol. The van der Waals surface area contributed by atoms with Crippen LogP contribution in [0.5, 0.6) is 0 Å². The number of nitrogens with zero attached hydrogens (tertiary/aromatic N) is 3. The van der Waals surface area contributed by atoms with Crippen LogP contribution in [0, 0.1) is 11.8 Å². The van der Waals surface area contributed by atoms with Crippen LogP contribution in [-0.4, -0.2) is 46.4 Å². The standard InChI is InChI=1S/C27H28N4O4/c1-2-35-26(34)19-10-12-31(13-11-19)27-29-24-23(25(33)30-27)20-14-18(15-22(32)21(20)16-28-24)9-8-17-6-4-3-5-7-17/h3-9,16,18-19H,2,10-15H2,1H3,(H,28,29,30,33)/b9-8+/t18-/m1/s1. The van der Waals surface area contributed by atoms with Crippen molar-refractivity contribution >= 4 is 34.8 Å². The third kappa shape index (κ3) is 4.73. The van der Waals surface area contributed by atoms with Crippen LogP contribution in [-0.2, 0) is 16.0 Å². The minimum absolute atomic E-state index is 0.00165. The Kier molecular flexibility index (Phi) is 6.44. The SMILES string of the molecule is CCOC(=O)C1CCN(c2nc3ncc4c(c3c(=O)[nH]2)C[C@@H](/C=C/c2ccccc2)CC4=O)CC1. The zero-order chi connectivity index (χ0) is 24.4. The average molecular weight is 473 g/mol. The first kappa shape index (κ1) is 23.0. The molecule has 1 fully saturated rings. The van der Waals surface area contributed by atoms with E-state index in [2.05, 4.69) is 15.0 Å². The molecule has 1 atom stereocenters. The summed E-state index contributed by atoms with van der Waals surface area (Å²) in [7, 11) is 0. The smallest absolute Gasteiger partial charge is 0.309 e. The van der Waals surface area contributed by atoms with E-state index in [1.165, 1.54) is 0 Å². The van der Waals surface area contributed by atoms with Crippen molar-refractivity contribution < 1.29 is 14.3 Å². The number of aromatic nitrogens is 3. The number of Topliss-reactive ketones (excluding diaryl/α,β-unsaturated/α-hetero) is 1. The second kappa shape index (κ2) is 9.82. The maximum absolute atomic E-state index is 13.2. The lowest BCUT2D eigenvalue weighted by atomic mass is 9.82. The zero-order valence-corrected chi connectivity index (χ0v) is 19.7. The summed E-state index contributed by atoms with van der Waals surface area (Å²) in [6.45, 7) is 3.36. The molecule has 0 radical (unpaired) electrons. The van der Waals surface area contributed by atoms with Gasteiger partial charge in [0.1, 0.15) is 0 Å². The molecule has 2 aromatic heterocycles. The van der Waals surface area contributed by atoms with E-state index in [-0.39, 0.29) is 29.1 Å². The van der Waals surface area contributed by atoms with Gasteiger partial charge in [-0.1, -0.05) is 42.5 Å². The van der Waals surface area contributed by atoms with Crippen LogP contribution >= 0.6 is 0 Å². The average Bonchev–Trinajstić information content (AvgIpc) is 2.88. The van der Waals surface area contributed by atoms with Crippen LogP contribution in [0.2, 0.25) is 0 Å². The lowest BCUT2D eigenvalue weighted by molar-refractivity contribution is -0.148. The molecular formula is C27H28N4O4. The molecule has 0 saturated carbocycles. The molecule has 35 heavy (non-hydrogen) atoms. The van der Waals surface area contributed by atoms with Gasteiger partial charge in [-0.15, -0.1) is 0 Å². The summed E-state index contributed by atoms with van der Waals surface area (Å²) in [5.41, 5.74) is 2.35. The number of hydrogen-bond donors (Lipinski definition) is 1. The van der Waals surface area contributed by atoms with Crippen molar-refractivity contribution in [2.45, 2.75) is 32.6 Å². The molecule has 0 amide bonds. The lowest BCUT2D eigenvalue weighted by Gasteiger charge is -2.31. The Bertz CT molecular complexity index is 1340. The molecule has 180 valence electrons. The number of benzene rings is 1. The highest BCUT2D eigenvalue weighted by atomic mass is 16.5. The second-order valence-corrected chi connectivity index (χ2v) is 9.11. The van der Waals surface area contributed by atoms with Gasteiger partial charge in [0.2, 0.25) is 5.95 Å². The Hall–Kier alpha value is -3.81. The van der Waals surface area contributed by atoms with Gasteiger partial charge in [0.25, 0.3) is 5.56 Å².